The number of halogens is 6. The van der Waals surface area contributed by atoms with Gasteiger partial charge in [0.1, 0.15) is 0 Å². The summed E-state index contributed by atoms with van der Waals surface area (Å²) in [6.07, 6.45) is -10.2. The molecule has 2 aromatic carbocycles. The molecule has 2 aromatic rings. The van der Waals surface area contributed by atoms with Gasteiger partial charge in [0, 0.05) is 10.5 Å². The van der Waals surface area contributed by atoms with E-state index in [1.165, 1.54) is 18.2 Å². The third-order valence-electron chi connectivity index (χ3n) is 3.14. The molecule has 0 atom stereocenters. The number of carboxylic acids is 1. The van der Waals surface area contributed by atoms with Crippen LogP contribution in [0.25, 0.3) is 0 Å². The minimum absolute atomic E-state index is 0.0906. The molecule has 0 aliphatic heterocycles. The lowest BCUT2D eigenvalue weighted by Gasteiger charge is -2.13. The third-order valence-corrected chi connectivity index (χ3v) is 4.14. The molecule has 0 bridgehead atoms. The first-order chi connectivity index (χ1) is 11.9. The molecule has 0 spiro atoms. The van der Waals surface area contributed by atoms with Crippen LogP contribution >= 0.6 is 11.8 Å². The number of hydrogen-bond acceptors (Lipinski definition) is 3. The van der Waals surface area contributed by atoms with Crippen LogP contribution in [0.4, 0.5) is 26.3 Å². The second kappa shape index (κ2) is 7.02. The number of hydrogen-bond donors (Lipinski definition) is 1. The molecule has 0 saturated heterocycles. The Kier molecular flexibility index (Phi) is 5.36. The maximum atomic E-state index is 12.8. The topological polar surface area (TPSA) is 54.4 Å². The van der Waals surface area contributed by atoms with Gasteiger partial charge in [0.25, 0.3) is 0 Å². The average molecular weight is 394 g/mol. The van der Waals surface area contributed by atoms with Crippen molar-refractivity contribution in [2.75, 3.05) is 0 Å². The Labute approximate surface area is 146 Å². The van der Waals surface area contributed by atoms with Crippen molar-refractivity contribution >= 4 is 22.8 Å². The molecule has 3 nitrogen and oxygen atoms in total. The predicted molar refractivity (Wildman–Crippen MR) is 80.0 cm³/mol. The molecule has 0 unspecified atom stereocenters. The Morgan fingerprint density at radius 3 is 1.81 bits per heavy atom. The van der Waals surface area contributed by atoms with Gasteiger partial charge in [-0.05, 0) is 42.1 Å². The van der Waals surface area contributed by atoms with Gasteiger partial charge < -0.3 is 5.11 Å². The van der Waals surface area contributed by atoms with E-state index in [-0.39, 0.29) is 28.3 Å². The highest BCUT2D eigenvalue weighted by Gasteiger charge is 2.37. The number of carbonyl (C=O) groups excluding carboxylic acids is 1. The number of rotatable bonds is 3. The van der Waals surface area contributed by atoms with Crippen molar-refractivity contribution in [3.8, 4) is 0 Å². The maximum Gasteiger partial charge on any atom is 0.416 e. The molecule has 0 saturated carbocycles. The lowest BCUT2D eigenvalue weighted by Crippen LogP contribution is -2.13. The van der Waals surface area contributed by atoms with Crippen molar-refractivity contribution in [2.24, 2.45) is 0 Å². The summed E-state index contributed by atoms with van der Waals surface area (Å²) in [7, 11) is 0. The first-order valence-electron chi connectivity index (χ1n) is 6.73. The van der Waals surface area contributed by atoms with Crippen molar-refractivity contribution in [1.82, 2.24) is 0 Å². The van der Waals surface area contributed by atoms with E-state index >= 15 is 0 Å². The van der Waals surface area contributed by atoms with Crippen LogP contribution in [0.5, 0.6) is 0 Å². The number of carbonyl (C=O) groups is 2. The predicted octanol–water partition coefficient (Wildman–Crippen LogP) is 5.35. The van der Waals surface area contributed by atoms with Gasteiger partial charge in [-0.2, -0.15) is 26.3 Å². The fraction of sp³-hybridized carbons (Fsp3) is 0.125. The summed E-state index contributed by atoms with van der Waals surface area (Å²) in [5.74, 6) is -1.39. The molecule has 1 N–H and O–H groups in total. The second-order valence-corrected chi connectivity index (χ2v) is 6.00. The highest BCUT2D eigenvalue weighted by Crippen LogP contribution is 2.37. The van der Waals surface area contributed by atoms with Gasteiger partial charge in [-0.1, -0.05) is 12.1 Å². The summed E-state index contributed by atoms with van der Waals surface area (Å²) in [4.78, 5) is 23.2. The Morgan fingerprint density at radius 2 is 1.35 bits per heavy atom. The quantitative estimate of drug-likeness (QED) is 0.563. The van der Waals surface area contributed by atoms with Crippen LogP contribution in [0.15, 0.2) is 47.4 Å². The Balaban J connectivity index is 2.48. The first-order valence-corrected chi connectivity index (χ1v) is 7.55. The second-order valence-electron chi connectivity index (χ2n) is 4.99. The van der Waals surface area contributed by atoms with Crippen LogP contribution in [0.1, 0.15) is 31.8 Å². The third kappa shape index (κ3) is 4.57. The van der Waals surface area contributed by atoms with Crippen LogP contribution in [-0.2, 0) is 12.4 Å². The molecule has 0 aliphatic rings. The molecule has 0 radical (unpaired) electrons. The van der Waals surface area contributed by atoms with E-state index in [0.717, 1.165) is 6.07 Å². The minimum Gasteiger partial charge on any atom is -0.478 e. The van der Waals surface area contributed by atoms with Crippen molar-refractivity contribution in [2.45, 2.75) is 17.2 Å². The van der Waals surface area contributed by atoms with E-state index in [1.807, 2.05) is 0 Å². The van der Waals surface area contributed by atoms with Crippen LogP contribution in [0, 0.1) is 0 Å². The molecule has 10 heteroatoms. The minimum atomic E-state index is -5.08. The van der Waals surface area contributed by atoms with Gasteiger partial charge in [-0.25, -0.2) is 4.79 Å². The summed E-state index contributed by atoms with van der Waals surface area (Å²) in [6.45, 7) is 0. The van der Waals surface area contributed by atoms with E-state index in [4.69, 9.17) is 5.11 Å². The zero-order chi connectivity index (χ0) is 19.7. The molecule has 0 amide bonds. The van der Waals surface area contributed by atoms with Crippen LogP contribution in [0.2, 0.25) is 0 Å². The van der Waals surface area contributed by atoms with Gasteiger partial charge in [-0.3, -0.25) is 4.79 Å². The lowest BCUT2D eigenvalue weighted by atomic mass is 10.1. The normalized spacial score (nSPS) is 12.1. The largest absolute Gasteiger partial charge is 0.478 e. The summed E-state index contributed by atoms with van der Waals surface area (Å²) in [6, 6.07) is 5.64. The smallest absolute Gasteiger partial charge is 0.416 e. The lowest BCUT2D eigenvalue weighted by molar-refractivity contribution is -0.143. The standard InChI is InChI=1S/C16H8F6O3S/c17-15(18,19)9-5-8(6-10(7-9)16(20,21)22)14(25)26-12-4-2-1-3-11(12)13(23)24/h1-7H,(H,23,24). The summed E-state index contributed by atoms with van der Waals surface area (Å²) in [5, 5.41) is 7.89. The van der Waals surface area contributed by atoms with Crippen molar-refractivity contribution < 1.29 is 41.0 Å². The molecule has 0 heterocycles. The van der Waals surface area contributed by atoms with E-state index in [1.54, 1.807) is 0 Å². The van der Waals surface area contributed by atoms with E-state index < -0.39 is 40.1 Å². The SMILES string of the molecule is O=C(Sc1ccccc1C(=O)O)c1cc(C(F)(F)F)cc(C(F)(F)F)c1. The van der Waals surface area contributed by atoms with E-state index in [0.29, 0.717) is 12.1 Å². The highest BCUT2D eigenvalue weighted by molar-refractivity contribution is 8.14. The number of aromatic carboxylic acids is 1. The maximum absolute atomic E-state index is 12.8. The highest BCUT2D eigenvalue weighted by atomic mass is 32.2. The molecular weight excluding hydrogens is 386 g/mol. The van der Waals surface area contributed by atoms with Crippen LogP contribution < -0.4 is 0 Å². The van der Waals surface area contributed by atoms with Crippen LogP contribution in [-0.4, -0.2) is 16.2 Å². The fourth-order valence-corrected chi connectivity index (χ4v) is 2.81. The van der Waals surface area contributed by atoms with Crippen molar-refractivity contribution in [3.63, 3.8) is 0 Å². The number of carboxylic acid groups (broad SMARTS) is 1. The molecule has 2 rings (SSSR count). The van der Waals surface area contributed by atoms with Gasteiger partial charge in [0.15, 0.2) is 0 Å². The monoisotopic (exact) mass is 394 g/mol. The Morgan fingerprint density at radius 1 is 0.846 bits per heavy atom. The van der Waals surface area contributed by atoms with E-state index in [9.17, 15) is 35.9 Å². The molecule has 0 aromatic heterocycles. The molecule has 26 heavy (non-hydrogen) atoms. The zero-order valence-electron chi connectivity index (χ0n) is 12.5. The van der Waals surface area contributed by atoms with Gasteiger partial charge in [0.05, 0.1) is 16.7 Å². The molecule has 0 fully saturated rings. The first kappa shape index (κ1) is 19.8. The molecule has 0 aliphatic carbocycles. The van der Waals surface area contributed by atoms with Crippen LogP contribution in [0.3, 0.4) is 0 Å². The number of alkyl halides is 6. The fourth-order valence-electron chi connectivity index (χ4n) is 1.96. The summed E-state index contributed by atoms with van der Waals surface area (Å²) in [5.41, 5.74) is -4.38. The van der Waals surface area contributed by atoms with Crippen molar-refractivity contribution in [1.29, 1.82) is 0 Å². The van der Waals surface area contributed by atoms with Gasteiger partial charge in [0.2, 0.25) is 5.12 Å². The summed E-state index contributed by atoms with van der Waals surface area (Å²) < 4.78 is 77.0. The summed E-state index contributed by atoms with van der Waals surface area (Å²) >= 11 is 0.236. The van der Waals surface area contributed by atoms with E-state index in [2.05, 4.69) is 0 Å². The molecular formula is C16H8F6O3S. The zero-order valence-corrected chi connectivity index (χ0v) is 13.3. The Hall–Kier alpha value is -2.49. The van der Waals surface area contributed by atoms with Gasteiger partial charge in [-0.15, -0.1) is 0 Å². The van der Waals surface area contributed by atoms with Gasteiger partial charge >= 0.3 is 18.3 Å². The average Bonchev–Trinajstić information content (AvgIpc) is 2.53. The number of thioether (sulfide) groups is 1. The Bertz CT molecular complexity index is 826. The molecule has 138 valence electrons. The number of benzene rings is 2. The van der Waals surface area contributed by atoms with Crippen molar-refractivity contribution in [3.05, 3.63) is 64.7 Å².